The summed E-state index contributed by atoms with van der Waals surface area (Å²) in [6, 6.07) is 44.9. The van der Waals surface area contributed by atoms with Crippen LogP contribution in [0.2, 0.25) is 0 Å². The van der Waals surface area contributed by atoms with Crippen molar-refractivity contribution < 1.29 is 0 Å². The lowest BCUT2D eigenvalue weighted by atomic mass is 9.98. The zero-order valence-corrected chi connectivity index (χ0v) is 37.8. The van der Waals surface area contributed by atoms with Crippen molar-refractivity contribution in [2.24, 2.45) is 0 Å². The highest BCUT2D eigenvalue weighted by Crippen LogP contribution is 2.44. The summed E-state index contributed by atoms with van der Waals surface area (Å²) >= 11 is 0. The number of benzene rings is 7. The van der Waals surface area contributed by atoms with Crippen LogP contribution in [-0.2, 0) is 0 Å². The zero-order valence-electron chi connectivity index (χ0n) is 37.8. The molecule has 60 heavy (non-hydrogen) atoms. The van der Waals surface area contributed by atoms with Gasteiger partial charge >= 0.3 is 0 Å². The number of hydrogen-bond donors (Lipinski definition) is 0. The number of nitrogens with zero attached hydrogens (tertiary/aromatic N) is 2. The van der Waals surface area contributed by atoms with E-state index in [1.165, 1.54) is 101 Å². The fourth-order valence-electron chi connectivity index (χ4n) is 9.50. The molecule has 0 aliphatic heterocycles. The molecule has 7 aromatic carbocycles. The quantitative estimate of drug-likeness (QED) is 0.127. The van der Waals surface area contributed by atoms with Crippen LogP contribution in [-0.4, -0.2) is 0 Å². The first-order chi connectivity index (χ1) is 28.7. The van der Waals surface area contributed by atoms with Crippen molar-refractivity contribution in [1.29, 1.82) is 0 Å². The van der Waals surface area contributed by atoms with Crippen LogP contribution in [0, 0.1) is 83.1 Å². The molecule has 0 saturated carbocycles. The predicted octanol–water partition coefficient (Wildman–Crippen LogP) is 16.7. The van der Waals surface area contributed by atoms with Gasteiger partial charge in [-0.05, 0) is 174 Å². The van der Waals surface area contributed by atoms with E-state index in [0.29, 0.717) is 0 Å². The van der Waals surface area contributed by atoms with Gasteiger partial charge in [-0.2, -0.15) is 0 Å². The lowest BCUT2D eigenvalue weighted by molar-refractivity contribution is 1.16. The molecule has 302 valence electrons. The van der Waals surface area contributed by atoms with Crippen molar-refractivity contribution >= 4 is 58.4 Å². The van der Waals surface area contributed by atoms with Gasteiger partial charge in [-0.1, -0.05) is 144 Å². The molecule has 0 heterocycles. The number of rotatable bonds is 10. The maximum absolute atomic E-state index is 2.46. The zero-order chi connectivity index (χ0) is 42.8. The van der Waals surface area contributed by atoms with Crippen LogP contribution < -0.4 is 9.80 Å². The van der Waals surface area contributed by atoms with Crippen molar-refractivity contribution in [3.05, 3.63) is 210 Å². The van der Waals surface area contributed by atoms with Crippen LogP contribution >= 0.6 is 0 Å². The van der Waals surface area contributed by atoms with Crippen LogP contribution in [0.4, 0.5) is 34.1 Å². The van der Waals surface area contributed by atoms with Gasteiger partial charge in [0, 0.05) is 11.4 Å². The highest BCUT2D eigenvalue weighted by Gasteiger charge is 2.22. The molecule has 0 amide bonds. The summed E-state index contributed by atoms with van der Waals surface area (Å²) in [7, 11) is 0. The van der Waals surface area contributed by atoms with Gasteiger partial charge in [0.05, 0.1) is 22.7 Å². The van der Waals surface area contributed by atoms with Crippen molar-refractivity contribution in [3.8, 4) is 0 Å². The standard InChI is InChI=1S/C58H60N2/c1-37-29-41(5)55(42(6)30-37)59(56-43(7)31-38(2)32-44(56)8)53-25-19-49(20-26-53)17-23-51-15-13-14-16-52(51)24-18-50-21-27-54(28-22-50)60(57-45(9)33-39(3)34-46(57)10)58-47(11)35-40(4)36-48(58)12/h13-36H,1-12H3. The summed E-state index contributed by atoms with van der Waals surface area (Å²) in [6.45, 7) is 26.6. The first-order valence-corrected chi connectivity index (χ1v) is 21.3. The molecule has 0 atom stereocenters. The largest absolute Gasteiger partial charge is 0.309 e. The topological polar surface area (TPSA) is 6.48 Å². The van der Waals surface area contributed by atoms with E-state index >= 15 is 0 Å². The fraction of sp³-hybridized carbons (Fsp3) is 0.207. The molecule has 2 nitrogen and oxygen atoms in total. The first-order valence-electron chi connectivity index (χ1n) is 21.3. The van der Waals surface area contributed by atoms with Crippen LogP contribution in [0.15, 0.2) is 121 Å². The minimum Gasteiger partial charge on any atom is -0.309 e. The molecule has 7 aromatic rings. The summed E-state index contributed by atoms with van der Waals surface area (Å²) < 4.78 is 0. The summed E-state index contributed by atoms with van der Waals surface area (Å²) in [5, 5.41) is 0. The third-order valence-electron chi connectivity index (χ3n) is 11.6. The number of anilines is 6. The highest BCUT2D eigenvalue weighted by molar-refractivity contribution is 5.87. The Labute approximate surface area is 360 Å². The molecule has 0 radical (unpaired) electrons. The van der Waals surface area contributed by atoms with Gasteiger partial charge in [0.1, 0.15) is 0 Å². The third kappa shape index (κ3) is 8.80. The van der Waals surface area contributed by atoms with Crippen LogP contribution in [0.1, 0.15) is 89.0 Å². The monoisotopic (exact) mass is 784 g/mol. The summed E-state index contributed by atoms with van der Waals surface area (Å²) in [4.78, 5) is 4.92. The molecule has 0 aromatic heterocycles. The van der Waals surface area contributed by atoms with E-state index in [1.54, 1.807) is 0 Å². The Morgan fingerprint density at radius 3 is 0.750 bits per heavy atom. The van der Waals surface area contributed by atoms with Crippen LogP contribution in [0.25, 0.3) is 24.3 Å². The summed E-state index contributed by atoms with van der Waals surface area (Å²) in [5.41, 5.74) is 27.3. The Hall–Kier alpha value is -6.38. The van der Waals surface area contributed by atoms with Gasteiger partial charge in [-0.15, -0.1) is 0 Å². The van der Waals surface area contributed by atoms with E-state index in [9.17, 15) is 0 Å². The fourth-order valence-corrected chi connectivity index (χ4v) is 9.50. The predicted molar refractivity (Wildman–Crippen MR) is 263 cm³/mol. The van der Waals surface area contributed by atoms with Crippen molar-refractivity contribution in [1.82, 2.24) is 0 Å². The molecular weight excluding hydrogens is 725 g/mol. The van der Waals surface area contributed by atoms with Crippen molar-refractivity contribution in [2.45, 2.75) is 83.1 Å². The van der Waals surface area contributed by atoms with Gasteiger partial charge in [0.15, 0.2) is 0 Å². The molecule has 0 unspecified atom stereocenters. The molecule has 0 saturated heterocycles. The second-order valence-corrected chi connectivity index (χ2v) is 17.1. The first kappa shape index (κ1) is 41.8. The van der Waals surface area contributed by atoms with Crippen LogP contribution in [0.5, 0.6) is 0 Å². The van der Waals surface area contributed by atoms with Gasteiger partial charge in [0.25, 0.3) is 0 Å². The second kappa shape index (κ2) is 17.5. The van der Waals surface area contributed by atoms with E-state index in [2.05, 4.69) is 239 Å². The Bertz CT molecular complexity index is 2360. The van der Waals surface area contributed by atoms with Gasteiger partial charge in [-0.25, -0.2) is 0 Å². The molecule has 0 aliphatic carbocycles. The van der Waals surface area contributed by atoms with E-state index in [1.807, 2.05) is 0 Å². The minimum atomic E-state index is 1.16. The summed E-state index contributed by atoms with van der Waals surface area (Å²) in [5.74, 6) is 0. The Balaban J connectivity index is 1.16. The molecule has 0 spiro atoms. The van der Waals surface area contributed by atoms with E-state index in [4.69, 9.17) is 0 Å². The van der Waals surface area contributed by atoms with E-state index in [0.717, 1.165) is 22.5 Å². The average Bonchev–Trinajstić information content (AvgIpc) is 3.17. The maximum Gasteiger partial charge on any atom is 0.0520 e. The molecule has 0 bridgehead atoms. The summed E-state index contributed by atoms with van der Waals surface area (Å²) in [6.07, 6.45) is 8.90. The lowest BCUT2D eigenvalue weighted by Gasteiger charge is -2.32. The molecular formula is C58H60N2. The van der Waals surface area contributed by atoms with Gasteiger partial charge in [-0.3, -0.25) is 0 Å². The Kier molecular flexibility index (Phi) is 12.2. The maximum atomic E-state index is 2.46. The number of hydrogen-bond acceptors (Lipinski definition) is 2. The van der Waals surface area contributed by atoms with Crippen molar-refractivity contribution in [3.63, 3.8) is 0 Å². The van der Waals surface area contributed by atoms with Gasteiger partial charge in [0.2, 0.25) is 0 Å². The second-order valence-electron chi connectivity index (χ2n) is 17.1. The Morgan fingerprint density at radius 2 is 0.517 bits per heavy atom. The Morgan fingerprint density at radius 1 is 0.283 bits per heavy atom. The molecule has 2 heteroatoms. The highest BCUT2D eigenvalue weighted by atomic mass is 15.2. The smallest absolute Gasteiger partial charge is 0.0520 e. The third-order valence-corrected chi connectivity index (χ3v) is 11.6. The minimum absolute atomic E-state index is 1.16. The number of aryl methyl sites for hydroxylation is 12. The normalized spacial score (nSPS) is 11.5. The molecule has 0 fully saturated rings. The van der Waals surface area contributed by atoms with E-state index in [-0.39, 0.29) is 0 Å². The molecule has 0 N–H and O–H groups in total. The lowest BCUT2D eigenvalue weighted by Crippen LogP contribution is -2.15. The van der Waals surface area contributed by atoms with E-state index < -0.39 is 0 Å². The molecule has 7 rings (SSSR count). The van der Waals surface area contributed by atoms with Crippen LogP contribution in [0.3, 0.4) is 0 Å². The average molecular weight is 785 g/mol. The van der Waals surface area contributed by atoms with Gasteiger partial charge < -0.3 is 9.80 Å². The SMILES string of the molecule is Cc1cc(C)c(N(c2ccc(C=Cc3ccccc3C=Cc3ccc(N(c4c(C)cc(C)cc4C)c4c(C)cc(C)cc4C)cc3)cc2)c2c(C)cc(C)cc2C)c(C)c1. The van der Waals surface area contributed by atoms with Crippen molar-refractivity contribution in [2.75, 3.05) is 9.80 Å². The molecule has 0 aliphatic rings.